The lowest BCUT2D eigenvalue weighted by atomic mass is 10.1. The van der Waals surface area contributed by atoms with Crippen LogP contribution in [0.15, 0.2) is 12.4 Å². The highest BCUT2D eigenvalue weighted by Gasteiger charge is 2.09. The fourth-order valence-electron chi connectivity index (χ4n) is 1.08. The van der Waals surface area contributed by atoms with E-state index in [1.54, 1.807) is 12.4 Å². The maximum atomic E-state index is 4.27. The van der Waals surface area contributed by atoms with Crippen LogP contribution in [0.3, 0.4) is 0 Å². The summed E-state index contributed by atoms with van der Waals surface area (Å²) in [6.45, 7) is 7.03. The Bertz CT molecular complexity index is 273. The van der Waals surface area contributed by atoms with E-state index in [4.69, 9.17) is 0 Å². The third-order valence-corrected chi connectivity index (χ3v) is 1.57. The zero-order chi connectivity index (χ0) is 10.6. The Morgan fingerprint density at radius 1 is 1.21 bits per heavy atom. The van der Waals surface area contributed by atoms with Gasteiger partial charge in [0.25, 0.3) is 0 Å². The van der Waals surface area contributed by atoms with Gasteiger partial charge in [-0.1, -0.05) is 0 Å². The molecule has 0 bridgehead atoms. The van der Waals surface area contributed by atoms with Crippen molar-refractivity contribution in [3.05, 3.63) is 18.1 Å². The molecule has 0 unspecified atom stereocenters. The van der Waals surface area contributed by atoms with Crippen LogP contribution < -0.4 is 10.6 Å². The molecule has 4 heteroatoms. The van der Waals surface area contributed by atoms with Gasteiger partial charge in [-0.15, -0.1) is 0 Å². The first-order valence-corrected chi connectivity index (χ1v) is 4.75. The molecule has 4 nitrogen and oxygen atoms in total. The second-order valence-corrected chi connectivity index (χ2v) is 4.30. The van der Waals surface area contributed by atoms with E-state index in [1.807, 2.05) is 7.05 Å². The summed E-state index contributed by atoms with van der Waals surface area (Å²) < 4.78 is 0. The Kier molecular flexibility index (Phi) is 3.41. The van der Waals surface area contributed by atoms with Crippen molar-refractivity contribution in [3.63, 3.8) is 0 Å². The minimum atomic E-state index is 0.0270. The first-order chi connectivity index (χ1) is 6.51. The summed E-state index contributed by atoms with van der Waals surface area (Å²) in [6.07, 6.45) is 3.54. The number of nitrogens with zero attached hydrogens (tertiary/aromatic N) is 2. The molecule has 0 aromatic carbocycles. The maximum Gasteiger partial charge on any atom is 0.144 e. The van der Waals surface area contributed by atoms with Crippen LogP contribution in [0.4, 0.5) is 5.82 Å². The fourth-order valence-corrected chi connectivity index (χ4v) is 1.08. The lowest BCUT2D eigenvalue weighted by molar-refractivity contribution is 0.629. The van der Waals surface area contributed by atoms with Crippen molar-refractivity contribution in [2.45, 2.75) is 32.9 Å². The fraction of sp³-hybridized carbons (Fsp3) is 0.600. The molecule has 1 aromatic heterocycles. The Labute approximate surface area is 85.2 Å². The first-order valence-electron chi connectivity index (χ1n) is 4.75. The van der Waals surface area contributed by atoms with Gasteiger partial charge in [-0.05, 0) is 27.8 Å². The first kappa shape index (κ1) is 10.9. The number of hydrogen-bond acceptors (Lipinski definition) is 4. The van der Waals surface area contributed by atoms with Crippen LogP contribution in [0.5, 0.6) is 0 Å². The Morgan fingerprint density at radius 2 is 1.93 bits per heavy atom. The molecule has 1 heterocycles. The van der Waals surface area contributed by atoms with Gasteiger partial charge in [0, 0.05) is 12.1 Å². The molecule has 0 radical (unpaired) electrons. The standard InChI is InChI=1S/C10H18N4/c1-10(2,3)14-9-7-12-8(5-11-4)6-13-9/h6-7,11H,5H2,1-4H3,(H,13,14). The van der Waals surface area contributed by atoms with Crippen molar-refractivity contribution in [1.82, 2.24) is 15.3 Å². The van der Waals surface area contributed by atoms with Gasteiger partial charge in [0.1, 0.15) is 5.82 Å². The minimum absolute atomic E-state index is 0.0270. The molecule has 0 aliphatic heterocycles. The second-order valence-electron chi connectivity index (χ2n) is 4.30. The van der Waals surface area contributed by atoms with Gasteiger partial charge in [-0.25, -0.2) is 4.98 Å². The van der Waals surface area contributed by atoms with Crippen molar-refractivity contribution in [1.29, 1.82) is 0 Å². The third-order valence-electron chi connectivity index (χ3n) is 1.57. The topological polar surface area (TPSA) is 49.8 Å². The highest BCUT2D eigenvalue weighted by atomic mass is 15.1. The molecule has 1 aromatic rings. The van der Waals surface area contributed by atoms with E-state index >= 15 is 0 Å². The van der Waals surface area contributed by atoms with Crippen molar-refractivity contribution in [2.75, 3.05) is 12.4 Å². The molecule has 0 aliphatic carbocycles. The minimum Gasteiger partial charge on any atom is -0.364 e. The van der Waals surface area contributed by atoms with Gasteiger partial charge in [0.2, 0.25) is 0 Å². The summed E-state index contributed by atoms with van der Waals surface area (Å²) >= 11 is 0. The Balaban J connectivity index is 2.64. The summed E-state index contributed by atoms with van der Waals surface area (Å²) in [5.41, 5.74) is 0.978. The number of anilines is 1. The molecular formula is C10H18N4. The van der Waals surface area contributed by atoms with E-state index in [-0.39, 0.29) is 5.54 Å². The summed E-state index contributed by atoms with van der Waals surface area (Å²) in [6, 6.07) is 0. The van der Waals surface area contributed by atoms with Gasteiger partial charge < -0.3 is 10.6 Å². The van der Waals surface area contributed by atoms with Crippen molar-refractivity contribution in [2.24, 2.45) is 0 Å². The predicted molar refractivity (Wildman–Crippen MR) is 58.2 cm³/mol. The molecule has 78 valence electrons. The van der Waals surface area contributed by atoms with Crippen LogP contribution in [0.2, 0.25) is 0 Å². The lowest BCUT2D eigenvalue weighted by Gasteiger charge is -2.20. The monoisotopic (exact) mass is 194 g/mol. The number of aromatic nitrogens is 2. The third kappa shape index (κ3) is 3.70. The van der Waals surface area contributed by atoms with E-state index in [0.717, 1.165) is 18.1 Å². The van der Waals surface area contributed by atoms with Gasteiger partial charge in [-0.3, -0.25) is 4.98 Å². The molecule has 2 N–H and O–H groups in total. The van der Waals surface area contributed by atoms with Crippen LogP contribution in [0.1, 0.15) is 26.5 Å². The number of rotatable bonds is 3. The van der Waals surface area contributed by atoms with Gasteiger partial charge in [0.15, 0.2) is 0 Å². The molecule has 0 saturated carbocycles. The SMILES string of the molecule is CNCc1cnc(NC(C)(C)C)cn1. The summed E-state index contributed by atoms with van der Waals surface area (Å²) in [5, 5.41) is 6.29. The van der Waals surface area contributed by atoms with Crippen molar-refractivity contribution >= 4 is 5.82 Å². The zero-order valence-corrected chi connectivity index (χ0v) is 9.26. The van der Waals surface area contributed by atoms with Crippen molar-refractivity contribution in [3.8, 4) is 0 Å². The summed E-state index contributed by atoms with van der Waals surface area (Å²) in [7, 11) is 1.89. The zero-order valence-electron chi connectivity index (χ0n) is 9.26. The quantitative estimate of drug-likeness (QED) is 0.763. The Hall–Kier alpha value is -1.16. The smallest absolute Gasteiger partial charge is 0.144 e. The van der Waals surface area contributed by atoms with Crippen LogP contribution in [0, 0.1) is 0 Å². The maximum absolute atomic E-state index is 4.27. The Morgan fingerprint density at radius 3 is 2.36 bits per heavy atom. The number of hydrogen-bond donors (Lipinski definition) is 2. The second kappa shape index (κ2) is 4.37. The van der Waals surface area contributed by atoms with E-state index in [0.29, 0.717) is 0 Å². The molecular weight excluding hydrogens is 176 g/mol. The predicted octanol–water partition coefficient (Wildman–Crippen LogP) is 1.41. The van der Waals surface area contributed by atoms with Gasteiger partial charge >= 0.3 is 0 Å². The molecule has 14 heavy (non-hydrogen) atoms. The molecule has 0 saturated heterocycles. The highest BCUT2D eigenvalue weighted by Crippen LogP contribution is 2.10. The van der Waals surface area contributed by atoms with Crippen LogP contribution in [-0.4, -0.2) is 22.6 Å². The molecule has 0 amide bonds. The van der Waals surface area contributed by atoms with Crippen LogP contribution >= 0.6 is 0 Å². The van der Waals surface area contributed by atoms with E-state index < -0.39 is 0 Å². The van der Waals surface area contributed by atoms with Crippen molar-refractivity contribution < 1.29 is 0 Å². The van der Waals surface area contributed by atoms with E-state index in [1.165, 1.54) is 0 Å². The normalized spacial score (nSPS) is 11.4. The van der Waals surface area contributed by atoms with E-state index in [9.17, 15) is 0 Å². The summed E-state index contributed by atoms with van der Waals surface area (Å²) in [4.78, 5) is 8.53. The molecule has 0 aliphatic rings. The molecule has 0 spiro atoms. The average Bonchev–Trinajstić information content (AvgIpc) is 2.06. The summed E-state index contributed by atoms with van der Waals surface area (Å²) in [5.74, 6) is 0.817. The van der Waals surface area contributed by atoms with Crippen LogP contribution in [-0.2, 0) is 6.54 Å². The molecule has 1 rings (SSSR count). The highest BCUT2D eigenvalue weighted by molar-refractivity contribution is 5.33. The van der Waals surface area contributed by atoms with Gasteiger partial charge in [0.05, 0.1) is 18.1 Å². The average molecular weight is 194 g/mol. The van der Waals surface area contributed by atoms with E-state index in [2.05, 4.69) is 41.4 Å². The molecule has 0 atom stereocenters. The van der Waals surface area contributed by atoms with Gasteiger partial charge in [-0.2, -0.15) is 0 Å². The largest absolute Gasteiger partial charge is 0.364 e. The van der Waals surface area contributed by atoms with Crippen LogP contribution in [0.25, 0.3) is 0 Å². The lowest BCUT2D eigenvalue weighted by Crippen LogP contribution is -2.26. The number of nitrogens with one attached hydrogen (secondary N) is 2. The molecule has 0 fully saturated rings.